The van der Waals surface area contributed by atoms with Crippen molar-refractivity contribution >= 4 is 0 Å². The van der Waals surface area contributed by atoms with Crippen LogP contribution in [0.15, 0.2) is 30.3 Å². The number of rotatable bonds is 9. The van der Waals surface area contributed by atoms with E-state index in [1.807, 2.05) is 0 Å². The average molecular weight is 292 g/mol. The van der Waals surface area contributed by atoms with Gasteiger partial charge >= 0.3 is 0 Å². The highest BCUT2D eigenvalue weighted by atomic mass is 16.5. The Kier molecular flexibility index (Phi) is 7.75. The summed E-state index contributed by atoms with van der Waals surface area (Å²) in [7, 11) is 1.73. The fourth-order valence-electron chi connectivity index (χ4n) is 2.73. The van der Waals surface area contributed by atoms with Crippen molar-refractivity contribution in [3.8, 4) is 0 Å². The molecule has 0 bridgehead atoms. The zero-order chi connectivity index (χ0) is 14.8. The van der Waals surface area contributed by atoms with Gasteiger partial charge < -0.3 is 14.8 Å². The number of nitrogens with zero attached hydrogens (tertiary/aromatic N) is 1. The first kappa shape index (κ1) is 16.4. The summed E-state index contributed by atoms with van der Waals surface area (Å²) in [5.41, 5.74) is 1.41. The summed E-state index contributed by atoms with van der Waals surface area (Å²) in [4.78, 5) is 2.50. The van der Waals surface area contributed by atoms with Gasteiger partial charge in [0.15, 0.2) is 0 Å². The molecule has 1 heterocycles. The van der Waals surface area contributed by atoms with Gasteiger partial charge in [0.1, 0.15) is 0 Å². The second-order valence-corrected chi connectivity index (χ2v) is 5.60. The monoisotopic (exact) mass is 292 g/mol. The van der Waals surface area contributed by atoms with E-state index in [9.17, 15) is 0 Å². The van der Waals surface area contributed by atoms with Crippen molar-refractivity contribution in [2.24, 2.45) is 0 Å². The van der Waals surface area contributed by atoms with E-state index >= 15 is 0 Å². The van der Waals surface area contributed by atoms with Gasteiger partial charge in [0.2, 0.25) is 0 Å². The molecule has 1 aliphatic heterocycles. The molecule has 118 valence electrons. The minimum atomic E-state index is 0.551. The van der Waals surface area contributed by atoms with Crippen molar-refractivity contribution in [1.29, 1.82) is 0 Å². The van der Waals surface area contributed by atoms with Crippen molar-refractivity contribution in [2.45, 2.75) is 18.9 Å². The molecule has 0 aliphatic carbocycles. The molecule has 2 rings (SSSR count). The van der Waals surface area contributed by atoms with Crippen LogP contribution in [0.3, 0.4) is 0 Å². The van der Waals surface area contributed by atoms with Gasteiger partial charge in [0.25, 0.3) is 0 Å². The Morgan fingerprint density at radius 1 is 1.19 bits per heavy atom. The summed E-state index contributed by atoms with van der Waals surface area (Å²) in [6, 6.07) is 11.3. The topological polar surface area (TPSA) is 33.7 Å². The molecule has 1 aromatic rings. The highest BCUT2D eigenvalue weighted by Gasteiger charge is 2.18. The van der Waals surface area contributed by atoms with Gasteiger partial charge in [0.05, 0.1) is 6.61 Å². The molecule has 1 unspecified atom stereocenters. The Hall–Kier alpha value is -0.940. The summed E-state index contributed by atoms with van der Waals surface area (Å²) >= 11 is 0. The largest absolute Gasteiger partial charge is 0.385 e. The Balaban J connectivity index is 1.62. The maximum atomic E-state index is 5.65. The summed E-state index contributed by atoms with van der Waals surface area (Å²) in [6.45, 7) is 6.73. The van der Waals surface area contributed by atoms with Crippen LogP contribution < -0.4 is 5.32 Å². The fourth-order valence-corrected chi connectivity index (χ4v) is 2.73. The molecule has 1 fully saturated rings. The third-order valence-corrected chi connectivity index (χ3v) is 3.85. The van der Waals surface area contributed by atoms with Gasteiger partial charge in [-0.15, -0.1) is 0 Å². The minimum absolute atomic E-state index is 0.551. The Bertz CT molecular complexity index is 372. The van der Waals surface area contributed by atoms with Gasteiger partial charge in [-0.1, -0.05) is 30.3 Å². The molecule has 0 aromatic heterocycles. The molecule has 1 atom stereocenters. The molecule has 1 aromatic carbocycles. The number of piperazine rings is 1. The molecule has 1 N–H and O–H groups in total. The first-order chi connectivity index (χ1) is 10.4. The SMILES string of the molecule is COCCCOCCN1CCNC(Cc2ccccc2)C1. The van der Waals surface area contributed by atoms with E-state index in [-0.39, 0.29) is 0 Å². The van der Waals surface area contributed by atoms with Crippen molar-refractivity contribution in [3.63, 3.8) is 0 Å². The number of ether oxygens (including phenoxy) is 2. The van der Waals surface area contributed by atoms with E-state index in [4.69, 9.17) is 9.47 Å². The average Bonchev–Trinajstić information content (AvgIpc) is 2.52. The smallest absolute Gasteiger partial charge is 0.0593 e. The van der Waals surface area contributed by atoms with Gasteiger partial charge in [-0.3, -0.25) is 4.90 Å². The van der Waals surface area contributed by atoms with Crippen LogP contribution in [0.5, 0.6) is 0 Å². The highest BCUT2D eigenvalue weighted by molar-refractivity contribution is 5.16. The standard InChI is InChI=1S/C17H28N2O2/c1-20-11-5-12-21-13-10-19-9-8-18-17(15-19)14-16-6-3-2-4-7-16/h2-4,6-7,17-18H,5,8-15H2,1H3. The van der Waals surface area contributed by atoms with Crippen LogP contribution in [0.4, 0.5) is 0 Å². The predicted molar refractivity (Wildman–Crippen MR) is 85.7 cm³/mol. The molecule has 0 amide bonds. The molecular formula is C17H28N2O2. The van der Waals surface area contributed by atoms with Crippen LogP contribution in [-0.2, 0) is 15.9 Å². The fraction of sp³-hybridized carbons (Fsp3) is 0.647. The molecule has 0 saturated carbocycles. The lowest BCUT2D eigenvalue weighted by Crippen LogP contribution is -2.52. The maximum absolute atomic E-state index is 5.65. The Labute approximate surface area is 128 Å². The quantitative estimate of drug-likeness (QED) is 0.700. The second kappa shape index (κ2) is 9.90. The van der Waals surface area contributed by atoms with Gasteiger partial charge in [-0.25, -0.2) is 0 Å². The lowest BCUT2D eigenvalue weighted by atomic mass is 10.0. The van der Waals surface area contributed by atoms with E-state index < -0.39 is 0 Å². The first-order valence-electron chi connectivity index (χ1n) is 7.95. The second-order valence-electron chi connectivity index (χ2n) is 5.60. The van der Waals surface area contributed by atoms with Crippen molar-refractivity contribution in [2.75, 3.05) is 53.1 Å². The first-order valence-corrected chi connectivity index (χ1v) is 7.95. The molecule has 4 heteroatoms. The van der Waals surface area contributed by atoms with Crippen LogP contribution in [0.1, 0.15) is 12.0 Å². The maximum Gasteiger partial charge on any atom is 0.0593 e. The molecule has 1 aliphatic rings. The summed E-state index contributed by atoms with van der Waals surface area (Å²) < 4.78 is 10.7. The van der Waals surface area contributed by atoms with Gasteiger partial charge in [-0.2, -0.15) is 0 Å². The van der Waals surface area contributed by atoms with Crippen LogP contribution in [0.25, 0.3) is 0 Å². The molecular weight excluding hydrogens is 264 g/mol. The number of hydrogen-bond acceptors (Lipinski definition) is 4. The van der Waals surface area contributed by atoms with E-state index in [0.717, 1.165) is 58.8 Å². The van der Waals surface area contributed by atoms with Gasteiger partial charge in [0, 0.05) is 52.5 Å². The Morgan fingerprint density at radius 2 is 2.05 bits per heavy atom. The minimum Gasteiger partial charge on any atom is -0.385 e. The molecule has 4 nitrogen and oxygen atoms in total. The van der Waals surface area contributed by atoms with E-state index in [1.54, 1.807) is 7.11 Å². The number of nitrogens with one attached hydrogen (secondary N) is 1. The van der Waals surface area contributed by atoms with Crippen LogP contribution in [0, 0.1) is 0 Å². The van der Waals surface area contributed by atoms with Crippen LogP contribution in [-0.4, -0.2) is 64.1 Å². The number of methoxy groups -OCH3 is 1. The lowest BCUT2D eigenvalue weighted by Gasteiger charge is -2.33. The zero-order valence-corrected chi connectivity index (χ0v) is 13.1. The summed E-state index contributed by atoms with van der Waals surface area (Å²) in [5.74, 6) is 0. The van der Waals surface area contributed by atoms with Crippen molar-refractivity contribution < 1.29 is 9.47 Å². The number of benzene rings is 1. The van der Waals surface area contributed by atoms with E-state index in [0.29, 0.717) is 6.04 Å². The lowest BCUT2D eigenvalue weighted by molar-refractivity contribution is 0.0760. The molecule has 0 spiro atoms. The normalized spacial score (nSPS) is 19.8. The van der Waals surface area contributed by atoms with E-state index in [2.05, 4.69) is 40.5 Å². The third kappa shape index (κ3) is 6.57. The Morgan fingerprint density at radius 3 is 2.86 bits per heavy atom. The molecule has 1 saturated heterocycles. The summed E-state index contributed by atoms with van der Waals surface area (Å²) in [6.07, 6.45) is 2.08. The van der Waals surface area contributed by atoms with Crippen LogP contribution >= 0.6 is 0 Å². The van der Waals surface area contributed by atoms with E-state index in [1.165, 1.54) is 5.56 Å². The molecule has 21 heavy (non-hydrogen) atoms. The molecule has 0 radical (unpaired) electrons. The van der Waals surface area contributed by atoms with Gasteiger partial charge in [-0.05, 0) is 18.4 Å². The predicted octanol–water partition coefficient (Wildman–Crippen LogP) is 1.56. The summed E-state index contributed by atoms with van der Waals surface area (Å²) in [5, 5.41) is 3.62. The zero-order valence-electron chi connectivity index (χ0n) is 13.1. The third-order valence-electron chi connectivity index (χ3n) is 3.85. The van der Waals surface area contributed by atoms with Crippen molar-refractivity contribution in [3.05, 3.63) is 35.9 Å². The highest BCUT2D eigenvalue weighted by Crippen LogP contribution is 2.07. The van der Waals surface area contributed by atoms with Crippen LogP contribution in [0.2, 0.25) is 0 Å². The van der Waals surface area contributed by atoms with Crippen molar-refractivity contribution in [1.82, 2.24) is 10.2 Å². The number of hydrogen-bond donors (Lipinski definition) is 1.